The van der Waals surface area contributed by atoms with Crippen molar-refractivity contribution in [3.05, 3.63) is 309 Å². The highest BCUT2D eigenvalue weighted by atomic mass is 33.1. The lowest BCUT2D eigenvalue weighted by molar-refractivity contribution is -0.121. The minimum atomic E-state index is -0.433. The average molecular weight is 1950 g/mol. The number of nitrogens with zero attached hydrogens (tertiary/aromatic N) is 3. The number of allylic oxidation sites excluding steroid dienone is 36. The Morgan fingerprint density at radius 3 is 0.799 bits per heavy atom. The second-order valence-electron chi connectivity index (χ2n) is 33.0. The smallest absolute Gasteiger partial charge is 0.220 e. The maximum atomic E-state index is 13.0. The lowest BCUT2D eigenvalue weighted by Crippen LogP contribution is -2.44. The van der Waals surface area contributed by atoms with Gasteiger partial charge in [-0.15, -0.1) is 0 Å². The summed E-state index contributed by atoms with van der Waals surface area (Å²) in [5.41, 5.74) is 7.80. The molecule has 0 unspecified atom stereocenters. The molecule has 0 spiro atoms. The van der Waals surface area contributed by atoms with Gasteiger partial charge in [-0.05, 0) is 231 Å². The van der Waals surface area contributed by atoms with Crippen molar-refractivity contribution in [1.29, 1.82) is 0 Å². The SMILES string of the molecule is CC/C=C\C/C=C\C/C=C\C/C=C\C/C=C\C/C=C\CCC(=O)NCCSSC(C)(C)[C@@H](CN)CC(=O)c1cccnc1.CC/C=C\C/C=C\C/C=C\C/C=C\C/C=C\C/C=C\CCC(=O)NCCSSC(C)(C)[C@@H](CNC(CO)CO)CC(=O)c1cccnc1.CC/C=C\C/C=C\C/C=C\C/C=C\C/C=C\C/C=C\CCC(=O)NCCSSC(C)(C)[C@@H](CO)CC(=O)c1cccnc1. The van der Waals surface area contributed by atoms with Gasteiger partial charge in [-0.25, -0.2) is 0 Å². The third kappa shape index (κ3) is 72.5. The van der Waals surface area contributed by atoms with Gasteiger partial charge in [0.05, 0.1) is 19.3 Å². The van der Waals surface area contributed by atoms with Crippen molar-refractivity contribution in [2.75, 3.05) is 69.8 Å². The van der Waals surface area contributed by atoms with Crippen molar-refractivity contribution in [3.8, 4) is 0 Å². The van der Waals surface area contributed by atoms with E-state index in [4.69, 9.17) is 5.73 Å². The molecule has 134 heavy (non-hydrogen) atoms. The largest absolute Gasteiger partial charge is 0.396 e. The molecule has 0 aliphatic rings. The molecule has 17 nitrogen and oxygen atoms in total. The van der Waals surface area contributed by atoms with Crippen molar-refractivity contribution < 1.29 is 44.1 Å². The van der Waals surface area contributed by atoms with Crippen molar-refractivity contribution in [2.24, 2.45) is 23.5 Å². The van der Waals surface area contributed by atoms with E-state index in [1.54, 1.807) is 138 Å². The van der Waals surface area contributed by atoms with Gasteiger partial charge in [-0.3, -0.25) is 43.7 Å². The Hall–Kier alpha value is -7.91. The summed E-state index contributed by atoms with van der Waals surface area (Å²) in [6.45, 7) is 21.3. The molecule has 0 saturated carbocycles. The number of carbonyl (C=O) groups excluding carboxylic acids is 6. The Labute approximate surface area is 832 Å². The molecule has 3 rings (SSSR count). The topological polar surface area (TPSA) is 276 Å². The highest BCUT2D eigenvalue weighted by molar-refractivity contribution is 8.77. The average Bonchev–Trinajstić information content (AvgIpc) is 0.821. The van der Waals surface area contributed by atoms with Crippen LogP contribution in [-0.4, -0.2) is 155 Å². The Balaban J connectivity index is 0.00000101. The Kier molecular flexibility index (Phi) is 81.3. The summed E-state index contributed by atoms with van der Waals surface area (Å²) < 4.78 is -0.750. The number of nitrogens with one attached hydrogen (secondary N) is 4. The normalized spacial score (nSPS) is 13.5. The zero-order valence-corrected chi connectivity index (χ0v) is 87.0. The van der Waals surface area contributed by atoms with Crippen LogP contribution >= 0.6 is 64.8 Å². The monoisotopic (exact) mass is 1950 g/mol. The number of hydrogen-bond acceptors (Lipinski definition) is 20. The number of aromatic nitrogens is 3. The molecule has 3 aromatic heterocycles. The van der Waals surface area contributed by atoms with Crippen LogP contribution in [-0.2, 0) is 14.4 Å². The second kappa shape index (κ2) is 87.8. The number of pyridine rings is 3. The molecule has 3 atom stereocenters. The summed E-state index contributed by atoms with van der Waals surface area (Å²) in [4.78, 5) is 86.8. The standard InChI is InChI=1S/C39H59N3O4S2.C36H53N3O2S2.C36H52N2O3S2/c1-4-5-6-7-8-9-10-11-12-13-14-15-16-17-18-19-20-21-22-25-38(46)41-27-28-47-48-39(2,3)35(31-42-36(32-43)33-44)29-37(45)34-24-23-26-40-30-34;1-4-5-6-7-8-9-10-11-12-13-14-15-16-17-18-19-20-21-22-25-35(41)39-27-28-42-43-36(2,3)33(30-37)29-34(40)32-24-23-26-38-31-32;1-4-5-6-7-8-9-10-11-12-13-14-15-16-17-18-19-20-21-22-25-35(41)38-27-28-42-43-36(2,3)33(31-39)29-34(40)32-24-23-26-37-30-32/h5-6,8-9,11-12,14-15,17-18,20-21,23-24,26,30,35-36,42-44H,4,7,10,13,16,19,22,25,27-29,31-33H2,1-3H3,(H,41,46);5-6,8-9,11-12,14-15,17-18,20-21,23-24,26,31,33H,4,7,10,13,16,19,22,25,27-30,37H2,1-3H3,(H,39,41);5-6,8-9,11-12,14-15,17-18,20-21,23-24,26,30,33,39H,4,7,10,13,16,19,22,25,27-29,31H2,1-3H3,(H,38,41)/b3*6-5-,9-8-,12-11-,15-14-,18-17-,21-20-/t35-;2*33-/m111/s1. The quantitative estimate of drug-likeness (QED) is 0.0113. The van der Waals surface area contributed by atoms with Gasteiger partial charge in [-0.1, -0.05) is 304 Å². The first-order chi connectivity index (χ1) is 65.1. The van der Waals surface area contributed by atoms with Crippen LogP contribution in [0, 0.1) is 17.8 Å². The van der Waals surface area contributed by atoms with Crippen LogP contribution in [0.25, 0.3) is 0 Å². The number of hydrogen-bond donors (Lipinski definition) is 8. The lowest BCUT2D eigenvalue weighted by atomic mass is 9.88. The molecule has 3 aromatic rings. The van der Waals surface area contributed by atoms with Crippen molar-refractivity contribution >= 4 is 99.8 Å². The number of Topliss-reactive ketones (excluding diaryl/α,β-unsaturated/α-hetero) is 3. The molecule has 3 amide bonds. The molecule has 0 aromatic carbocycles. The van der Waals surface area contributed by atoms with E-state index >= 15 is 0 Å². The first kappa shape index (κ1) is 124. The summed E-state index contributed by atoms with van der Waals surface area (Å²) in [6, 6.07) is 10.2. The van der Waals surface area contributed by atoms with E-state index in [1.165, 1.54) is 0 Å². The van der Waals surface area contributed by atoms with Gasteiger partial charge in [0, 0.05) is 163 Å². The van der Waals surface area contributed by atoms with Crippen LogP contribution in [0.5, 0.6) is 0 Å². The minimum Gasteiger partial charge on any atom is -0.396 e. The summed E-state index contributed by atoms with van der Waals surface area (Å²) in [7, 11) is 10.1. The molecule has 0 aliphatic heterocycles. The Bertz CT molecular complexity index is 3930. The van der Waals surface area contributed by atoms with Crippen LogP contribution in [0.1, 0.15) is 267 Å². The molecule has 0 saturated heterocycles. The maximum Gasteiger partial charge on any atom is 0.220 e. The zero-order chi connectivity index (χ0) is 98.0. The molecule has 3 heterocycles. The molecule has 0 aliphatic carbocycles. The molecule has 0 radical (unpaired) electrons. The molecule has 23 heteroatoms. The summed E-state index contributed by atoms with van der Waals surface area (Å²) >= 11 is 0. The number of carbonyl (C=O) groups is 6. The van der Waals surface area contributed by atoms with Gasteiger partial charge in [0.15, 0.2) is 17.3 Å². The van der Waals surface area contributed by atoms with E-state index in [9.17, 15) is 44.1 Å². The molecule has 738 valence electrons. The van der Waals surface area contributed by atoms with E-state index in [-0.39, 0.29) is 93.3 Å². The number of aliphatic hydroxyl groups excluding tert-OH is 3. The number of amides is 3. The highest BCUT2D eigenvalue weighted by Crippen LogP contribution is 2.45. The molecule has 0 bridgehead atoms. The third-order valence-corrected chi connectivity index (χ3v) is 30.7. The summed E-state index contributed by atoms with van der Waals surface area (Å²) in [5.74, 6) is 2.37. The van der Waals surface area contributed by atoms with Gasteiger partial charge in [0.1, 0.15) is 0 Å². The first-order valence-corrected chi connectivity index (χ1v) is 55.1. The lowest BCUT2D eigenvalue weighted by Gasteiger charge is -2.34. The Morgan fingerprint density at radius 2 is 0.567 bits per heavy atom. The van der Waals surface area contributed by atoms with E-state index in [1.807, 2.05) is 13.8 Å². The molecule has 0 fully saturated rings. The number of nitrogens with two attached hydrogens (primary N) is 1. The van der Waals surface area contributed by atoms with Crippen LogP contribution < -0.4 is 27.0 Å². The molecular weight excluding hydrogens is 1780 g/mol. The summed E-state index contributed by atoms with van der Waals surface area (Å²) in [5, 5.41) is 41.0. The van der Waals surface area contributed by atoms with Crippen molar-refractivity contribution in [1.82, 2.24) is 36.2 Å². The number of ketones is 3. The zero-order valence-electron chi connectivity index (χ0n) is 82.1. The van der Waals surface area contributed by atoms with Gasteiger partial charge in [0.2, 0.25) is 17.7 Å². The predicted octanol–water partition coefficient (Wildman–Crippen LogP) is 26.0. The van der Waals surface area contributed by atoms with Crippen LogP contribution in [0.4, 0.5) is 0 Å². The predicted molar refractivity (Wildman–Crippen MR) is 586 cm³/mol. The second-order valence-corrected chi connectivity index (χ2v) is 42.2. The fraction of sp³-hybridized carbons (Fsp3) is 0.486. The minimum absolute atomic E-state index is 0.00926. The maximum absolute atomic E-state index is 13.0. The van der Waals surface area contributed by atoms with E-state index in [0.717, 1.165) is 146 Å². The van der Waals surface area contributed by atoms with Crippen molar-refractivity contribution in [3.63, 3.8) is 0 Å². The molecule has 9 N–H and O–H groups in total. The Morgan fingerprint density at radius 1 is 0.336 bits per heavy atom. The fourth-order valence-corrected chi connectivity index (χ4v) is 20.2. The third-order valence-electron chi connectivity index (χ3n) is 20.5. The van der Waals surface area contributed by atoms with Gasteiger partial charge < -0.3 is 42.3 Å². The van der Waals surface area contributed by atoms with E-state index in [2.05, 4.69) is 303 Å². The summed E-state index contributed by atoms with van der Waals surface area (Å²) in [6.07, 6.45) is 110. The highest BCUT2D eigenvalue weighted by Gasteiger charge is 2.35. The van der Waals surface area contributed by atoms with Gasteiger partial charge in [-0.2, -0.15) is 0 Å². The van der Waals surface area contributed by atoms with Crippen LogP contribution in [0.3, 0.4) is 0 Å². The van der Waals surface area contributed by atoms with Crippen LogP contribution in [0.15, 0.2) is 292 Å². The van der Waals surface area contributed by atoms with Gasteiger partial charge >= 0.3 is 0 Å². The van der Waals surface area contributed by atoms with Gasteiger partial charge in [0.25, 0.3) is 0 Å². The first-order valence-electron chi connectivity index (χ1n) is 48.1. The van der Waals surface area contributed by atoms with Crippen LogP contribution in [0.2, 0.25) is 0 Å². The van der Waals surface area contributed by atoms with E-state index in [0.29, 0.717) is 87.9 Å². The van der Waals surface area contributed by atoms with E-state index < -0.39 is 6.04 Å². The number of rotatable bonds is 76. The molecular formula is C111H164N8O9S6. The van der Waals surface area contributed by atoms with Crippen molar-refractivity contribution in [2.45, 2.75) is 256 Å². The number of aliphatic hydroxyl groups is 3. The fourth-order valence-electron chi connectivity index (χ4n) is 12.1.